The summed E-state index contributed by atoms with van der Waals surface area (Å²) in [6, 6.07) is 4.71. The lowest BCUT2D eigenvalue weighted by molar-refractivity contribution is -0.253. The Hall–Kier alpha value is -2.12. The van der Waals surface area contributed by atoms with Gasteiger partial charge >= 0.3 is 12.5 Å². The molecule has 144 valence electrons. The van der Waals surface area contributed by atoms with E-state index in [0.29, 0.717) is 11.8 Å². The number of ether oxygens (including phenoxy) is 1. The summed E-state index contributed by atoms with van der Waals surface area (Å²) in [5.41, 5.74) is 0.264. The molecular weight excluding hydrogens is 366 g/mol. The number of carbonyl (C=O) groups is 2. The van der Waals surface area contributed by atoms with Gasteiger partial charge in [0.25, 0.3) is 0 Å². The molecule has 5 fully saturated rings. The standard InChI is InChI=1S/C19H17F4NO3/c20-18(21)19(22,23)27-9-3-1-8(2-4-9)24-16(25)14-10-5-6-11(13-7-12(10)13)15(14)17(24)26/h1-4,10-15,18H,5-7H2/t10-,11-,12+,13?,14-,15+/m1/s1. The van der Waals surface area contributed by atoms with E-state index in [9.17, 15) is 27.2 Å². The normalized spacial score (nSPS) is 36.9. The summed E-state index contributed by atoms with van der Waals surface area (Å²) in [6.45, 7) is 0. The molecule has 2 bridgehead atoms. The predicted octanol–water partition coefficient (Wildman–Crippen LogP) is 3.70. The van der Waals surface area contributed by atoms with Crippen molar-refractivity contribution in [1.82, 2.24) is 0 Å². The highest BCUT2D eigenvalue weighted by Gasteiger charge is 2.68. The first-order chi connectivity index (χ1) is 12.8. The summed E-state index contributed by atoms with van der Waals surface area (Å²) in [5.74, 6) is 0.189. The Morgan fingerprint density at radius 2 is 1.44 bits per heavy atom. The topological polar surface area (TPSA) is 46.6 Å². The smallest absolute Gasteiger partial charge is 0.428 e. The van der Waals surface area contributed by atoms with Crippen LogP contribution in [0.1, 0.15) is 19.3 Å². The van der Waals surface area contributed by atoms with E-state index in [1.165, 1.54) is 12.1 Å². The lowest BCUT2D eigenvalue weighted by Gasteiger charge is -2.42. The van der Waals surface area contributed by atoms with E-state index in [2.05, 4.69) is 4.74 Å². The van der Waals surface area contributed by atoms with Crippen molar-refractivity contribution in [3.05, 3.63) is 24.3 Å². The third-order valence-electron chi connectivity index (χ3n) is 6.75. The Morgan fingerprint density at radius 1 is 0.926 bits per heavy atom. The minimum Gasteiger partial charge on any atom is -0.428 e. The monoisotopic (exact) mass is 383 g/mol. The van der Waals surface area contributed by atoms with Crippen molar-refractivity contribution in [3.8, 4) is 5.75 Å². The van der Waals surface area contributed by atoms with Crippen molar-refractivity contribution < 1.29 is 31.9 Å². The second-order valence-corrected chi connectivity index (χ2v) is 7.99. The number of rotatable bonds is 4. The molecule has 0 spiro atoms. The highest BCUT2D eigenvalue weighted by Crippen LogP contribution is 2.68. The van der Waals surface area contributed by atoms with E-state index >= 15 is 0 Å². The van der Waals surface area contributed by atoms with Gasteiger partial charge in [-0.25, -0.2) is 0 Å². The molecule has 6 rings (SSSR count). The molecular formula is C19H17F4NO3. The first-order valence-corrected chi connectivity index (χ1v) is 9.12. The highest BCUT2D eigenvalue weighted by atomic mass is 19.3. The number of carbonyl (C=O) groups excluding carboxylic acids is 2. The molecule has 4 nitrogen and oxygen atoms in total. The molecule has 1 unspecified atom stereocenters. The third kappa shape index (κ3) is 2.34. The van der Waals surface area contributed by atoms with Gasteiger partial charge in [-0.05, 0) is 67.2 Å². The molecule has 1 heterocycles. The van der Waals surface area contributed by atoms with E-state index in [1.54, 1.807) is 0 Å². The molecule has 0 radical (unpaired) electrons. The molecule has 1 aromatic carbocycles. The SMILES string of the molecule is O=C1[C@@H]2[C@@H]3CC[C@H](C4C[C@H]43)[C@@H]2C(=O)N1c1ccc(OC(F)(F)C(F)F)cc1. The van der Waals surface area contributed by atoms with E-state index in [4.69, 9.17) is 0 Å². The summed E-state index contributed by atoms with van der Waals surface area (Å²) >= 11 is 0. The van der Waals surface area contributed by atoms with E-state index < -0.39 is 18.3 Å². The van der Waals surface area contributed by atoms with Gasteiger partial charge in [0.05, 0.1) is 17.5 Å². The van der Waals surface area contributed by atoms with Crippen LogP contribution in [-0.4, -0.2) is 24.3 Å². The highest BCUT2D eigenvalue weighted by molar-refractivity contribution is 6.22. The number of fused-ring (bicyclic) bond motifs is 1. The van der Waals surface area contributed by atoms with Crippen LogP contribution in [0, 0.1) is 35.5 Å². The van der Waals surface area contributed by atoms with Crippen LogP contribution in [0.5, 0.6) is 5.75 Å². The largest absolute Gasteiger partial charge is 0.461 e. The maximum absolute atomic E-state index is 13.0. The average molecular weight is 383 g/mol. The van der Waals surface area contributed by atoms with Crippen LogP contribution in [0.3, 0.4) is 0 Å². The molecule has 5 aliphatic rings. The molecule has 8 heteroatoms. The number of hydrogen-bond acceptors (Lipinski definition) is 3. The van der Waals surface area contributed by atoms with Gasteiger partial charge in [-0.15, -0.1) is 0 Å². The summed E-state index contributed by atoms with van der Waals surface area (Å²) in [6.07, 6.45) is -5.47. The van der Waals surface area contributed by atoms with Crippen molar-refractivity contribution in [1.29, 1.82) is 0 Å². The predicted molar refractivity (Wildman–Crippen MR) is 85.3 cm³/mol. The molecule has 0 aromatic heterocycles. The summed E-state index contributed by atoms with van der Waals surface area (Å²) in [7, 11) is 0. The van der Waals surface area contributed by atoms with Crippen LogP contribution < -0.4 is 9.64 Å². The molecule has 2 amide bonds. The van der Waals surface area contributed by atoms with Crippen molar-refractivity contribution in [2.75, 3.05) is 4.90 Å². The minimum atomic E-state index is -4.60. The van der Waals surface area contributed by atoms with Crippen LogP contribution in [0.2, 0.25) is 0 Å². The maximum Gasteiger partial charge on any atom is 0.461 e. The van der Waals surface area contributed by atoms with Gasteiger partial charge in [-0.3, -0.25) is 14.5 Å². The van der Waals surface area contributed by atoms with Crippen LogP contribution in [0.25, 0.3) is 0 Å². The number of alkyl halides is 4. The zero-order valence-electron chi connectivity index (χ0n) is 14.2. The number of anilines is 1. The maximum atomic E-state index is 13.0. The summed E-state index contributed by atoms with van der Waals surface area (Å²) < 4.78 is 54.5. The Balaban J connectivity index is 1.39. The fourth-order valence-corrected chi connectivity index (χ4v) is 5.66. The van der Waals surface area contributed by atoms with Gasteiger partial charge in [0.1, 0.15) is 5.75 Å². The van der Waals surface area contributed by atoms with Crippen LogP contribution in [-0.2, 0) is 9.59 Å². The van der Waals surface area contributed by atoms with Gasteiger partial charge in [0.15, 0.2) is 0 Å². The Kier molecular flexibility index (Phi) is 3.44. The van der Waals surface area contributed by atoms with Gasteiger partial charge in [0, 0.05) is 0 Å². The first kappa shape index (κ1) is 17.0. The van der Waals surface area contributed by atoms with Crippen LogP contribution in [0.15, 0.2) is 24.3 Å². The third-order valence-corrected chi connectivity index (χ3v) is 6.75. The molecule has 1 aliphatic heterocycles. The molecule has 4 aliphatic carbocycles. The number of halogens is 4. The fourth-order valence-electron chi connectivity index (χ4n) is 5.66. The van der Waals surface area contributed by atoms with E-state index in [-0.39, 0.29) is 41.2 Å². The van der Waals surface area contributed by atoms with Gasteiger partial charge in [0.2, 0.25) is 11.8 Å². The van der Waals surface area contributed by atoms with Gasteiger partial charge in [-0.2, -0.15) is 17.6 Å². The van der Waals surface area contributed by atoms with Crippen LogP contribution in [0.4, 0.5) is 23.2 Å². The quantitative estimate of drug-likeness (QED) is 0.588. The van der Waals surface area contributed by atoms with Gasteiger partial charge < -0.3 is 4.74 Å². The molecule has 1 saturated heterocycles. The lowest BCUT2D eigenvalue weighted by Crippen LogP contribution is -2.43. The minimum absolute atomic E-state index is 0.225. The van der Waals surface area contributed by atoms with Crippen molar-refractivity contribution in [3.63, 3.8) is 0 Å². The Morgan fingerprint density at radius 3 is 1.93 bits per heavy atom. The summed E-state index contributed by atoms with van der Waals surface area (Å²) in [5, 5.41) is 0. The molecule has 1 aromatic rings. The number of amides is 2. The second-order valence-electron chi connectivity index (χ2n) is 7.99. The Bertz CT molecular complexity index is 778. The van der Waals surface area contributed by atoms with Crippen molar-refractivity contribution in [2.45, 2.75) is 31.8 Å². The van der Waals surface area contributed by atoms with Crippen molar-refractivity contribution in [2.24, 2.45) is 35.5 Å². The second kappa shape index (κ2) is 5.45. The van der Waals surface area contributed by atoms with Crippen LogP contribution >= 0.6 is 0 Å². The number of hydrogen-bond donors (Lipinski definition) is 0. The number of imide groups is 1. The van der Waals surface area contributed by atoms with Gasteiger partial charge in [-0.1, -0.05) is 0 Å². The Labute approximate surface area is 152 Å². The fraction of sp³-hybridized carbons (Fsp3) is 0.579. The molecule has 0 N–H and O–H groups in total. The zero-order chi connectivity index (χ0) is 19.1. The zero-order valence-corrected chi connectivity index (χ0v) is 14.2. The first-order valence-electron chi connectivity index (χ1n) is 9.12. The molecule has 6 atom stereocenters. The van der Waals surface area contributed by atoms with E-state index in [1.807, 2.05) is 0 Å². The lowest BCUT2D eigenvalue weighted by atomic mass is 9.59. The van der Waals surface area contributed by atoms with E-state index in [0.717, 1.165) is 36.3 Å². The number of benzene rings is 1. The molecule has 4 saturated carbocycles. The molecule has 27 heavy (non-hydrogen) atoms. The number of nitrogens with zero attached hydrogens (tertiary/aromatic N) is 1. The summed E-state index contributed by atoms with van der Waals surface area (Å²) in [4.78, 5) is 27.1. The average Bonchev–Trinajstić information content (AvgIpc) is 3.40. The van der Waals surface area contributed by atoms with Crippen molar-refractivity contribution >= 4 is 17.5 Å².